The molecular formula is C12H15Cl2NO. The lowest BCUT2D eigenvalue weighted by molar-refractivity contribution is 0.0855. The van der Waals surface area contributed by atoms with Gasteiger partial charge in [-0.25, -0.2) is 0 Å². The van der Waals surface area contributed by atoms with E-state index in [0.29, 0.717) is 22.3 Å². The third-order valence-corrected chi connectivity index (χ3v) is 3.72. The Bertz CT molecular complexity index is 355. The van der Waals surface area contributed by atoms with E-state index in [4.69, 9.17) is 33.7 Å². The van der Waals surface area contributed by atoms with Crippen molar-refractivity contribution in [2.45, 2.75) is 31.3 Å². The van der Waals surface area contributed by atoms with Crippen LogP contribution in [-0.2, 0) is 0 Å². The summed E-state index contributed by atoms with van der Waals surface area (Å²) in [6.07, 6.45) is 4.26. The van der Waals surface area contributed by atoms with Crippen molar-refractivity contribution in [2.75, 3.05) is 6.54 Å². The molecule has 0 atom stereocenters. The van der Waals surface area contributed by atoms with Crippen molar-refractivity contribution in [3.8, 4) is 5.75 Å². The highest BCUT2D eigenvalue weighted by Gasteiger charge is 2.35. The number of nitrogens with two attached hydrogens (primary N) is 1. The molecule has 0 aromatic heterocycles. The van der Waals surface area contributed by atoms with Crippen LogP contribution >= 0.6 is 23.2 Å². The van der Waals surface area contributed by atoms with Crippen molar-refractivity contribution >= 4 is 23.2 Å². The van der Waals surface area contributed by atoms with Crippen LogP contribution in [0.5, 0.6) is 5.75 Å². The second-order valence-electron chi connectivity index (χ2n) is 4.25. The van der Waals surface area contributed by atoms with Gasteiger partial charge in [0, 0.05) is 6.54 Å². The Kier molecular flexibility index (Phi) is 3.63. The van der Waals surface area contributed by atoms with E-state index in [1.54, 1.807) is 18.2 Å². The molecule has 4 heteroatoms. The van der Waals surface area contributed by atoms with Gasteiger partial charge in [0.05, 0.1) is 10.0 Å². The first-order chi connectivity index (χ1) is 7.67. The maximum atomic E-state index is 6.08. The van der Waals surface area contributed by atoms with E-state index < -0.39 is 0 Å². The van der Waals surface area contributed by atoms with Gasteiger partial charge in [-0.1, -0.05) is 29.3 Å². The van der Waals surface area contributed by atoms with Crippen LogP contribution in [0.4, 0.5) is 0 Å². The summed E-state index contributed by atoms with van der Waals surface area (Å²) in [7, 11) is 0. The maximum Gasteiger partial charge on any atom is 0.157 e. The molecule has 88 valence electrons. The van der Waals surface area contributed by atoms with Crippen molar-refractivity contribution in [2.24, 2.45) is 5.73 Å². The summed E-state index contributed by atoms with van der Waals surface area (Å²) in [5, 5.41) is 1.10. The zero-order chi connectivity index (χ0) is 11.6. The van der Waals surface area contributed by atoms with Crippen LogP contribution in [-0.4, -0.2) is 12.1 Å². The van der Waals surface area contributed by atoms with E-state index in [1.165, 1.54) is 0 Å². The predicted octanol–water partition coefficient (Wildman–Crippen LogP) is 3.64. The van der Waals surface area contributed by atoms with E-state index in [1.807, 2.05) is 0 Å². The quantitative estimate of drug-likeness (QED) is 0.900. The molecule has 1 fully saturated rings. The first-order valence-electron chi connectivity index (χ1n) is 5.50. The smallest absolute Gasteiger partial charge is 0.157 e. The average molecular weight is 260 g/mol. The highest BCUT2D eigenvalue weighted by molar-refractivity contribution is 6.37. The summed E-state index contributed by atoms with van der Waals surface area (Å²) < 4.78 is 5.98. The van der Waals surface area contributed by atoms with Gasteiger partial charge in [-0.05, 0) is 37.8 Å². The van der Waals surface area contributed by atoms with Crippen LogP contribution in [0.1, 0.15) is 25.7 Å². The molecule has 0 aliphatic heterocycles. The fourth-order valence-corrected chi connectivity index (χ4v) is 2.64. The van der Waals surface area contributed by atoms with Crippen molar-refractivity contribution in [1.29, 1.82) is 0 Å². The van der Waals surface area contributed by atoms with Gasteiger partial charge >= 0.3 is 0 Å². The van der Waals surface area contributed by atoms with Gasteiger partial charge in [0.15, 0.2) is 5.75 Å². The Morgan fingerprint density at radius 2 is 1.75 bits per heavy atom. The monoisotopic (exact) mass is 259 g/mol. The summed E-state index contributed by atoms with van der Waals surface area (Å²) in [4.78, 5) is 0. The number of ether oxygens (including phenoxy) is 1. The Hall–Kier alpha value is -0.440. The Morgan fingerprint density at radius 1 is 1.19 bits per heavy atom. The molecule has 2 rings (SSSR count). The zero-order valence-electron chi connectivity index (χ0n) is 9.01. The topological polar surface area (TPSA) is 35.2 Å². The third kappa shape index (κ3) is 2.29. The molecule has 0 unspecified atom stereocenters. The van der Waals surface area contributed by atoms with Crippen LogP contribution in [0, 0.1) is 0 Å². The largest absolute Gasteiger partial charge is 0.483 e. The van der Waals surface area contributed by atoms with Gasteiger partial charge in [0.1, 0.15) is 5.60 Å². The van der Waals surface area contributed by atoms with E-state index in [-0.39, 0.29) is 5.60 Å². The minimum absolute atomic E-state index is 0.269. The lowest BCUT2D eigenvalue weighted by Gasteiger charge is -2.29. The molecule has 1 aliphatic rings. The molecule has 16 heavy (non-hydrogen) atoms. The van der Waals surface area contributed by atoms with Crippen LogP contribution in [0.2, 0.25) is 10.0 Å². The molecule has 0 radical (unpaired) electrons. The highest BCUT2D eigenvalue weighted by atomic mass is 35.5. The van der Waals surface area contributed by atoms with Crippen molar-refractivity contribution < 1.29 is 4.74 Å². The normalized spacial score (nSPS) is 18.7. The molecule has 1 aromatic carbocycles. The lowest BCUT2D eigenvalue weighted by atomic mass is 10.0. The summed E-state index contributed by atoms with van der Waals surface area (Å²) in [6.45, 7) is 0.508. The second kappa shape index (κ2) is 4.82. The van der Waals surface area contributed by atoms with Crippen LogP contribution in [0.3, 0.4) is 0 Å². The van der Waals surface area contributed by atoms with Crippen molar-refractivity contribution in [3.05, 3.63) is 28.2 Å². The molecule has 2 nitrogen and oxygen atoms in total. The minimum Gasteiger partial charge on any atom is -0.483 e. The third-order valence-electron chi connectivity index (χ3n) is 3.12. The van der Waals surface area contributed by atoms with E-state index in [9.17, 15) is 0 Å². The van der Waals surface area contributed by atoms with Gasteiger partial charge < -0.3 is 10.5 Å². The molecule has 1 aliphatic carbocycles. The van der Waals surface area contributed by atoms with Gasteiger partial charge in [0.25, 0.3) is 0 Å². The van der Waals surface area contributed by atoms with Gasteiger partial charge in [-0.15, -0.1) is 0 Å². The summed E-state index contributed by atoms with van der Waals surface area (Å²) in [6, 6.07) is 5.37. The number of hydrogen-bond donors (Lipinski definition) is 1. The van der Waals surface area contributed by atoms with Crippen LogP contribution in [0.15, 0.2) is 18.2 Å². The number of rotatable bonds is 3. The van der Waals surface area contributed by atoms with Crippen LogP contribution < -0.4 is 10.5 Å². The SMILES string of the molecule is NCC1(Oc2c(Cl)cccc2Cl)CCCC1. The van der Waals surface area contributed by atoms with Crippen molar-refractivity contribution in [3.63, 3.8) is 0 Å². The fraction of sp³-hybridized carbons (Fsp3) is 0.500. The van der Waals surface area contributed by atoms with Crippen molar-refractivity contribution in [1.82, 2.24) is 0 Å². The predicted molar refractivity (Wildman–Crippen MR) is 67.3 cm³/mol. The van der Waals surface area contributed by atoms with E-state index in [0.717, 1.165) is 25.7 Å². The molecule has 1 saturated carbocycles. The first-order valence-corrected chi connectivity index (χ1v) is 6.26. The summed E-state index contributed by atoms with van der Waals surface area (Å²) in [5.41, 5.74) is 5.54. The molecule has 0 saturated heterocycles. The Labute approximate surface area is 106 Å². The number of para-hydroxylation sites is 1. The first kappa shape index (κ1) is 12.0. The summed E-state index contributed by atoms with van der Waals surface area (Å²) in [5.74, 6) is 0.568. The maximum absolute atomic E-state index is 6.08. The molecule has 0 amide bonds. The number of halogens is 2. The molecular weight excluding hydrogens is 245 g/mol. The standard InChI is InChI=1S/C12H15Cl2NO/c13-9-4-3-5-10(14)11(9)16-12(8-15)6-1-2-7-12/h3-5H,1-2,6-8,15H2. The highest BCUT2D eigenvalue weighted by Crippen LogP contribution is 2.40. The van der Waals surface area contributed by atoms with E-state index in [2.05, 4.69) is 0 Å². The van der Waals surface area contributed by atoms with E-state index >= 15 is 0 Å². The minimum atomic E-state index is -0.269. The molecule has 0 spiro atoms. The summed E-state index contributed by atoms with van der Waals surface area (Å²) >= 11 is 12.2. The Balaban J connectivity index is 2.25. The molecule has 0 heterocycles. The van der Waals surface area contributed by atoms with Gasteiger partial charge in [-0.3, -0.25) is 0 Å². The zero-order valence-corrected chi connectivity index (χ0v) is 10.5. The average Bonchev–Trinajstić information content (AvgIpc) is 2.73. The second-order valence-corrected chi connectivity index (χ2v) is 5.06. The van der Waals surface area contributed by atoms with Gasteiger partial charge in [-0.2, -0.15) is 0 Å². The lowest BCUT2D eigenvalue weighted by Crippen LogP contribution is -2.41. The Morgan fingerprint density at radius 3 is 2.25 bits per heavy atom. The number of benzene rings is 1. The van der Waals surface area contributed by atoms with Gasteiger partial charge in [0.2, 0.25) is 0 Å². The molecule has 2 N–H and O–H groups in total. The number of hydrogen-bond acceptors (Lipinski definition) is 2. The van der Waals surface area contributed by atoms with Crippen LogP contribution in [0.25, 0.3) is 0 Å². The fourth-order valence-electron chi connectivity index (χ4n) is 2.16. The molecule has 0 bridgehead atoms. The molecule has 1 aromatic rings.